The van der Waals surface area contributed by atoms with E-state index in [4.69, 9.17) is 16.3 Å². The Labute approximate surface area is 174 Å². The fourth-order valence-corrected chi connectivity index (χ4v) is 3.48. The SMILES string of the molecule is COC(=O)C(c1cccc(Cl)c1)C(C(=O)c1ccccc1)C(=O)c1ccccc1. The standard InChI is InChI=1S/C24H19ClO4/c1-29-24(28)20(18-13-8-14-19(25)15-18)21(22(26)16-9-4-2-5-10-16)23(27)17-11-6-3-7-12-17/h2-15,20-21H,1H3. The first-order valence-corrected chi connectivity index (χ1v) is 9.42. The molecule has 0 aromatic heterocycles. The Morgan fingerprint density at radius 1 is 0.759 bits per heavy atom. The highest BCUT2D eigenvalue weighted by Gasteiger charge is 2.41. The number of ether oxygens (including phenoxy) is 1. The third kappa shape index (κ3) is 4.61. The van der Waals surface area contributed by atoms with Crippen molar-refractivity contribution in [3.63, 3.8) is 0 Å². The highest BCUT2D eigenvalue weighted by atomic mass is 35.5. The van der Waals surface area contributed by atoms with Crippen LogP contribution in [0.5, 0.6) is 0 Å². The number of ketones is 2. The summed E-state index contributed by atoms with van der Waals surface area (Å²) in [5.41, 5.74) is 1.14. The number of benzene rings is 3. The third-order valence-electron chi connectivity index (χ3n) is 4.68. The minimum Gasteiger partial charge on any atom is -0.469 e. The fourth-order valence-electron chi connectivity index (χ4n) is 3.28. The van der Waals surface area contributed by atoms with E-state index in [1.807, 2.05) is 0 Å². The van der Waals surface area contributed by atoms with E-state index in [-0.39, 0.29) is 0 Å². The molecular formula is C24H19ClO4. The van der Waals surface area contributed by atoms with Crippen LogP contribution in [0.3, 0.4) is 0 Å². The minimum atomic E-state index is -1.29. The summed E-state index contributed by atoms with van der Waals surface area (Å²) in [5, 5.41) is 0.398. The van der Waals surface area contributed by atoms with Crippen molar-refractivity contribution in [2.24, 2.45) is 5.92 Å². The van der Waals surface area contributed by atoms with Gasteiger partial charge in [-0.2, -0.15) is 0 Å². The van der Waals surface area contributed by atoms with Crippen LogP contribution in [-0.2, 0) is 9.53 Å². The van der Waals surface area contributed by atoms with E-state index in [0.717, 1.165) is 0 Å². The number of hydrogen-bond donors (Lipinski definition) is 0. The topological polar surface area (TPSA) is 60.4 Å². The molecule has 0 aliphatic rings. The van der Waals surface area contributed by atoms with Crippen LogP contribution < -0.4 is 0 Å². The summed E-state index contributed by atoms with van der Waals surface area (Å²) >= 11 is 6.11. The van der Waals surface area contributed by atoms with Crippen molar-refractivity contribution in [3.05, 3.63) is 107 Å². The second-order valence-corrected chi connectivity index (χ2v) is 6.93. The molecule has 3 rings (SSSR count). The summed E-state index contributed by atoms with van der Waals surface area (Å²) in [6.07, 6.45) is 0. The Hall–Kier alpha value is -3.24. The van der Waals surface area contributed by atoms with Crippen LogP contribution in [0, 0.1) is 5.92 Å². The van der Waals surface area contributed by atoms with Crippen LogP contribution in [0.1, 0.15) is 32.2 Å². The van der Waals surface area contributed by atoms with Gasteiger partial charge < -0.3 is 4.74 Å². The van der Waals surface area contributed by atoms with E-state index in [1.54, 1.807) is 84.9 Å². The molecule has 0 saturated carbocycles. The maximum atomic E-state index is 13.4. The lowest BCUT2D eigenvalue weighted by Gasteiger charge is -2.24. The molecule has 0 bridgehead atoms. The van der Waals surface area contributed by atoms with E-state index in [2.05, 4.69) is 0 Å². The molecule has 0 aliphatic carbocycles. The van der Waals surface area contributed by atoms with Gasteiger partial charge in [-0.3, -0.25) is 14.4 Å². The number of methoxy groups -OCH3 is 1. The van der Waals surface area contributed by atoms with Gasteiger partial charge in [0.15, 0.2) is 11.6 Å². The van der Waals surface area contributed by atoms with Crippen LogP contribution in [0.15, 0.2) is 84.9 Å². The monoisotopic (exact) mass is 406 g/mol. The van der Waals surface area contributed by atoms with E-state index >= 15 is 0 Å². The van der Waals surface area contributed by atoms with Gasteiger partial charge in [0.2, 0.25) is 0 Å². The van der Waals surface area contributed by atoms with E-state index in [0.29, 0.717) is 21.7 Å². The van der Waals surface area contributed by atoms with Crippen molar-refractivity contribution in [2.45, 2.75) is 5.92 Å². The third-order valence-corrected chi connectivity index (χ3v) is 4.91. The van der Waals surface area contributed by atoms with Gasteiger partial charge in [0.25, 0.3) is 0 Å². The Morgan fingerprint density at radius 3 is 1.72 bits per heavy atom. The van der Waals surface area contributed by atoms with Crippen molar-refractivity contribution in [1.82, 2.24) is 0 Å². The summed E-state index contributed by atoms with van der Waals surface area (Å²) in [6, 6.07) is 23.5. The lowest BCUT2D eigenvalue weighted by atomic mass is 9.77. The number of esters is 1. The molecule has 0 N–H and O–H groups in total. The van der Waals surface area contributed by atoms with Gasteiger partial charge in [0, 0.05) is 16.1 Å². The maximum absolute atomic E-state index is 13.4. The lowest BCUT2D eigenvalue weighted by Crippen LogP contribution is -2.35. The number of rotatable bonds is 7. The first kappa shape index (κ1) is 20.5. The van der Waals surface area contributed by atoms with Gasteiger partial charge in [0.05, 0.1) is 13.0 Å². The van der Waals surface area contributed by atoms with E-state index < -0.39 is 29.4 Å². The Balaban J connectivity index is 2.17. The van der Waals surface area contributed by atoms with Crippen LogP contribution >= 0.6 is 11.6 Å². The molecule has 1 unspecified atom stereocenters. The first-order chi connectivity index (χ1) is 14.0. The molecule has 0 heterocycles. The molecule has 0 radical (unpaired) electrons. The zero-order valence-corrected chi connectivity index (χ0v) is 16.5. The number of Topliss-reactive ketones (excluding diaryl/α,β-unsaturated/α-hetero) is 2. The summed E-state index contributed by atoms with van der Waals surface area (Å²) in [4.78, 5) is 39.6. The molecule has 0 fully saturated rings. The predicted octanol–water partition coefficient (Wildman–Crippen LogP) is 4.98. The quantitative estimate of drug-likeness (QED) is 0.315. The van der Waals surface area contributed by atoms with Gasteiger partial charge in [-0.1, -0.05) is 84.4 Å². The Kier molecular flexibility index (Phi) is 6.57. The zero-order valence-electron chi connectivity index (χ0n) is 15.7. The molecule has 0 amide bonds. The maximum Gasteiger partial charge on any atom is 0.314 e. The van der Waals surface area contributed by atoms with Crippen molar-refractivity contribution < 1.29 is 19.1 Å². The average molecular weight is 407 g/mol. The molecule has 0 saturated heterocycles. The van der Waals surface area contributed by atoms with Crippen molar-refractivity contribution in [1.29, 1.82) is 0 Å². The lowest BCUT2D eigenvalue weighted by molar-refractivity contribution is -0.143. The number of hydrogen-bond acceptors (Lipinski definition) is 4. The van der Waals surface area contributed by atoms with Gasteiger partial charge in [-0.25, -0.2) is 0 Å². The van der Waals surface area contributed by atoms with Gasteiger partial charge in [-0.05, 0) is 17.7 Å². The summed E-state index contributed by atoms with van der Waals surface area (Å²) in [5.74, 6) is -3.99. The number of halogens is 1. The largest absolute Gasteiger partial charge is 0.469 e. The van der Waals surface area contributed by atoms with Gasteiger partial charge >= 0.3 is 5.97 Å². The predicted molar refractivity (Wildman–Crippen MR) is 111 cm³/mol. The number of carbonyl (C=O) groups is 3. The second kappa shape index (κ2) is 9.30. The average Bonchev–Trinajstić information content (AvgIpc) is 2.77. The van der Waals surface area contributed by atoms with E-state index in [1.165, 1.54) is 7.11 Å². The molecule has 4 nitrogen and oxygen atoms in total. The molecule has 5 heteroatoms. The summed E-state index contributed by atoms with van der Waals surface area (Å²) in [6.45, 7) is 0. The highest BCUT2D eigenvalue weighted by Crippen LogP contribution is 2.33. The molecule has 29 heavy (non-hydrogen) atoms. The molecule has 146 valence electrons. The van der Waals surface area contributed by atoms with Crippen LogP contribution in [0.25, 0.3) is 0 Å². The highest BCUT2D eigenvalue weighted by molar-refractivity contribution is 6.30. The molecule has 0 spiro atoms. The van der Waals surface area contributed by atoms with E-state index in [9.17, 15) is 14.4 Å². The van der Waals surface area contributed by atoms with Crippen molar-refractivity contribution in [2.75, 3.05) is 7.11 Å². The summed E-state index contributed by atoms with van der Waals surface area (Å²) in [7, 11) is 1.23. The van der Waals surface area contributed by atoms with Crippen molar-refractivity contribution in [3.8, 4) is 0 Å². The second-order valence-electron chi connectivity index (χ2n) is 6.49. The van der Waals surface area contributed by atoms with Gasteiger partial charge in [0.1, 0.15) is 5.92 Å². The Bertz CT molecular complexity index is 964. The molecular weight excluding hydrogens is 388 g/mol. The van der Waals surface area contributed by atoms with Crippen LogP contribution in [-0.4, -0.2) is 24.6 Å². The first-order valence-electron chi connectivity index (χ1n) is 9.04. The molecule has 1 atom stereocenters. The number of carbonyl (C=O) groups excluding carboxylic acids is 3. The van der Waals surface area contributed by atoms with Crippen LogP contribution in [0.2, 0.25) is 5.02 Å². The van der Waals surface area contributed by atoms with Crippen molar-refractivity contribution >= 4 is 29.1 Å². The zero-order chi connectivity index (χ0) is 20.8. The minimum absolute atomic E-state index is 0.345. The molecule has 3 aromatic rings. The molecule has 0 aliphatic heterocycles. The van der Waals surface area contributed by atoms with Gasteiger partial charge in [-0.15, -0.1) is 0 Å². The fraction of sp³-hybridized carbons (Fsp3) is 0.125. The smallest absolute Gasteiger partial charge is 0.314 e. The molecule has 3 aromatic carbocycles. The summed E-state index contributed by atoms with van der Waals surface area (Å²) < 4.78 is 4.97. The Morgan fingerprint density at radius 2 is 1.28 bits per heavy atom. The van der Waals surface area contributed by atoms with Crippen LogP contribution in [0.4, 0.5) is 0 Å². The normalized spacial score (nSPS) is 11.7.